The molecule has 7 heteroatoms. The maximum atomic E-state index is 13.6. The van der Waals surface area contributed by atoms with Crippen LogP contribution in [0.5, 0.6) is 0 Å². The maximum Gasteiger partial charge on any atom is 0.258 e. The number of hydrogen-bond acceptors (Lipinski definition) is 4. The number of hydrogen-bond donors (Lipinski definition) is 1. The smallest absolute Gasteiger partial charge is 0.258 e. The Kier molecular flexibility index (Phi) is 5.17. The molecule has 0 fully saturated rings. The van der Waals surface area contributed by atoms with Gasteiger partial charge in [-0.15, -0.1) is 0 Å². The molecule has 0 saturated heterocycles. The van der Waals surface area contributed by atoms with Crippen LogP contribution in [-0.4, -0.2) is 22.9 Å². The summed E-state index contributed by atoms with van der Waals surface area (Å²) in [6.07, 6.45) is 2.72. The highest BCUT2D eigenvalue weighted by Crippen LogP contribution is 2.16. The standard InChI is InChI=1S/C19H16F2N4O/c1-25(12-13-5-3-2-4-6-13)19-22-10-14(11-23-19)18(26)24-17-8-7-15(20)9-16(17)21/h2-11H,12H2,1H3,(H,24,26). The number of halogens is 2. The average Bonchev–Trinajstić information content (AvgIpc) is 2.65. The predicted octanol–water partition coefficient (Wildman–Crippen LogP) is 3.64. The minimum atomic E-state index is -0.849. The summed E-state index contributed by atoms with van der Waals surface area (Å²) < 4.78 is 26.5. The van der Waals surface area contributed by atoms with Gasteiger partial charge in [0.25, 0.3) is 5.91 Å². The van der Waals surface area contributed by atoms with Crippen molar-refractivity contribution in [3.63, 3.8) is 0 Å². The zero-order valence-corrected chi connectivity index (χ0v) is 14.0. The Morgan fingerprint density at radius 1 is 1.08 bits per heavy atom. The Labute approximate surface area is 149 Å². The van der Waals surface area contributed by atoms with Crippen molar-refractivity contribution < 1.29 is 13.6 Å². The largest absolute Gasteiger partial charge is 0.340 e. The van der Waals surface area contributed by atoms with Gasteiger partial charge in [0, 0.05) is 32.1 Å². The van der Waals surface area contributed by atoms with Crippen molar-refractivity contribution in [1.29, 1.82) is 0 Å². The quantitative estimate of drug-likeness (QED) is 0.760. The molecule has 0 unspecified atom stereocenters. The Bertz CT molecular complexity index is 901. The topological polar surface area (TPSA) is 58.1 Å². The van der Waals surface area contributed by atoms with Gasteiger partial charge in [0.1, 0.15) is 11.6 Å². The van der Waals surface area contributed by atoms with E-state index in [4.69, 9.17) is 0 Å². The van der Waals surface area contributed by atoms with Gasteiger partial charge in [-0.05, 0) is 17.7 Å². The second kappa shape index (κ2) is 7.69. The molecule has 3 rings (SSSR count). The summed E-state index contributed by atoms with van der Waals surface area (Å²) in [5.41, 5.74) is 1.17. The molecule has 1 amide bonds. The van der Waals surface area contributed by atoms with Crippen LogP contribution in [0.4, 0.5) is 20.4 Å². The first-order valence-corrected chi connectivity index (χ1v) is 7.86. The zero-order valence-electron chi connectivity index (χ0n) is 14.0. The molecule has 1 N–H and O–H groups in total. The summed E-state index contributed by atoms with van der Waals surface area (Å²) in [4.78, 5) is 22.4. The van der Waals surface area contributed by atoms with Gasteiger partial charge in [0.05, 0.1) is 11.3 Å². The fourth-order valence-corrected chi connectivity index (χ4v) is 2.35. The van der Waals surface area contributed by atoms with Crippen molar-refractivity contribution in [1.82, 2.24) is 9.97 Å². The first kappa shape index (κ1) is 17.5. The SMILES string of the molecule is CN(Cc1ccccc1)c1ncc(C(=O)Nc2ccc(F)cc2F)cn1. The molecule has 2 aromatic carbocycles. The Morgan fingerprint density at radius 2 is 1.77 bits per heavy atom. The van der Waals surface area contributed by atoms with Gasteiger partial charge in [0.2, 0.25) is 5.95 Å². The lowest BCUT2D eigenvalue weighted by atomic mass is 10.2. The van der Waals surface area contributed by atoms with Crippen LogP contribution in [0.3, 0.4) is 0 Å². The number of benzene rings is 2. The number of carbonyl (C=O) groups is 1. The van der Waals surface area contributed by atoms with Crippen LogP contribution in [0.1, 0.15) is 15.9 Å². The molecular formula is C19H16F2N4O. The van der Waals surface area contributed by atoms with E-state index in [1.165, 1.54) is 12.4 Å². The number of rotatable bonds is 5. The van der Waals surface area contributed by atoms with Gasteiger partial charge >= 0.3 is 0 Å². The van der Waals surface area contributed by atoms with Gasteiger partial charge in [0.15, 0.2) is 0 Å². The van der Waals surface area contributed by atoms with Crippen LogP contribution in [0.15, 0.2) is 60.9 Å². The van der Waals surface area contributed by atoms with Crippen LogP contribution in [0.2, 0.25) is 0 Å². The van der Waals surface area contributed by atoms with Crippen molar-refractivity contribution in [3.05, 3.63) is 83.7 Å². The molecule has 0 spiro atoms. The highest BCUT2D eigenvalue weighted by molar-refractivity contribution is 6.03. The summed E-state index contributed by atoms with van der Waals surface area (Å²) in [5.74, 6) is -1.68. The van der Waals surface area contributed by atoms with Gasteiger partial charge in [-0.3, -0.25) is 4.79 Å². The molecule has 0 aliphatic heterocycles. The van der Waals surface area contributed by atoms with Crippen molar-refractivity contribution in [2.75, 3.05) is 17.3 Å². The third-order valence-electron chi connectivity index (χ3n) is 3.68. The number of amides is 1. The minimum absolute atomic E-state index is 0.110. The molecular weight excluding hydrogens is 338 g/mol. The fraction of sp³-hybridized carbons (Fsp3) is 0.105. The summed E-state index contributed by atoms with van der Waals surface area (Å²) >= 11 is 0. The number of anilines is 2. The molecule has 0 atom stereocenters. The third kappa shape index (κ3) is 4.18. The lowest BCUT2D eigenvalue weighted by molar-refractivity contribution is 0.102. The van der Waals surface area contributed by atoms with Crippen LogP contribution in [-0.2, 0) is 6.54 Å². The molecule has 0 radical (unpaired) electrons. The van der Waals surface area contributed by atoms with Crippen LogP contribution in [0.25, 0.3) is 0 Å². The normalized spacial score (nSPS) is 10.4. The van der Waals surface area contributed by atoms with Crippen molar-refractivity contribution >= 4 is 17.5 Å². The number of nitrogens with zero attached hydrogens (tertiary/aromatic N) is 3. The second-order valence-corrected chi connectivity index (χ2v) is 5.69. The van der Waals surface area contributed by atoms with E-state index in [-0.39, 0.29) is 11.3 Å². The molecule has 26 heavy (non-hydrogen) atoms. The first-order chi connectivity index (χ1) is 12.5. The third-order valence-corrected chi connectivity index (χ3v) is 3.68. The average molecular weight is 354 g/mol. The molecule has 5 nitrogen and oxygen atoms in total. The predicted molar refractivity (Wildman–Crippen MR) is 94.9 cm³/mol. The van der Waals surface area contributed by atoms with Crippen LogP contribution < -0.4 is 10.2 Å². The zero-order chi connectivity index (χ0) is 18.5. The van der Waals surface area contributed by atoms with Crippen molar-refractivity contribution in [3.8, 4) is 0 Å². The molecule has 1 aromatic heterocycles. The second-order valence-electron chi connectivity index (χ2n) is 5.69. The van der Waals surface area contributed by atoms with E-state index >= 15 is 0 Å². The van der Waals surface area contributed by atoms with Gasteiger partial charge < -0.3 is 10.2 Å². The number of aromatic nitrogens is 2. The summed E-state index contributed by atoms with van der Waals surface area (Å²) in [6, 6.07) is 12.8. The maximum absolute atomic E-state index is 13.6. The molecule has 0 aliphatic carbocycles. The Hall–Kier alpha value is -3.35. The van der Waals surface area contributed by atoms with Crippen molar-refractivity contribution in [2.24, 2.45) is 0 Å². The van der Waals surface area contributed by atoms with E-state index < -0.39 is 17.5 Å². The highest BCUT2D eigenvalue weighted by Gasteiger charge is 2.12. The lowest BCUT2D eigenvalue weighted by Gasteiger charge is -2.17. The van der Waals surface area contributed by atoms with Gasteiger partial charge in [-0.2, -0.15) is 0 Å². The number of nitrogens with one attached hydrogen (secondary N) is 1. The molecule has 1 heterocycles. The van der Waals surface area contributed by atoms with E-state index in [0.29, 0.717) is 18.6 Å². The Balaban J connectivity index is 1.67. The summed E-state index contributed by atoms with van der Waals surface area (Å²) in [5, 5.41) is 2.37. The lowest BCUT2D eigenvalue weighted by Crippen LogP contribution is -2.20. The van der Waals surface area contributed by atoms with E-state index in [0.717, 1.165) is 17.7 Å². The molecule has 0 aliphatic rings. The van der Waals surface area contributed by atoms with E-state index in [2.05, 4.69) is 15.3 Å². The van der Waals surface area contributed by atoms with Crippen LogP contribution in [0, 0.1) is 11.6 Å². The molecule has 0 saturated carbocycles. The van der Waals surface area contributed by atoms with E-state index in [9.17, 15) is 13.6 Å². The fourth-order valence-electron chi connectivity index (χ4n) is 2.35. The Morgan fingerprint density at radius 3 is 2.42 bits per heavy atom. The summed E-state index contributed by atoms with van der Waals surface area (Å²) in [7, 11) is 1.84. The minimum Gasteiger partial charge on any atom is -0.340 e. The monoisotopic (exact) mass is 354 g/mol. The summed E-state index contributed by atoms with van der Waals surface area (Å²) in [6.45, 7) is 0.618. The van der Waals surface area contributed by atoms with Crippen LogP contribution >= 0.6 is 0 Å². The van der Waals surface area contributed by atoms with Crippen molar-refractivity contribution in [2.45, 2.75) is 6.54 Å². The van der Waals surface area contributed by atoms with E-state index in [1.807, 2.05) is 42.3 Å². The van der Waals surface area contributed by atoms with Gasteiger partial charge in [-0.1, -0.05) is 30.3 Å². The highest BCUT2D eigenvalue weighted by atomic mass is 19.1. The molecule has 0 bridgehead atoms. The van der Waals surface area contributed by atoms with Gasteiger partial charge in [-0.25, -0.2) is 18.7 Å². The van der Waals surface area contributed by atoms with E-state index in [1.54, 1.807) is 0 Å². The number of carbonyl (C=O) groups excluding carboxylic acids is 1. The molecule has 3 aromatic rings. The molecule has 132 valence electrons. The first-order valence-electron chi connectivity index (χ1n) is 7.86.